The van der Waals surface area contributed by atoms with Crippen molar-refractivity contribution in [1.82, 2.24) is 10.2 Å². The van der Waals surface area contributed by atoms with Gasteiger partial charge in [-0.25, -0.2) is 8.78 Å². The second kappa shape index (κ2) is 7.45. The smallest absolute Gasteiger partial charge is 0.255 e. The van der Waals surface area contributed by atoms with Crippen LogP contribution in [0.5, 0.6) is 11.5 Å². The molecule has 27 heavy (non-hydrogen) atoms. The first kappa shape index (κ1) is 18.4. The maximum Gasteiger partial charge on any atom is 0.255 e. The molecule has 0 saturated heterocycles. The Balaban J connectivity index is 1.99. The number of nitrogens with zero attached hydrogens (tertiary/aromatic N) is 1. The molecule has 0 aliphatic heterocycles. The molecule has 0 bridgehead atoms. The number of aromatic nitrogens is 2. The number of benzene rings is 2. The molecule has 140 valence electrons. The van der Waals surface area contributed by atoms with Crippen molar-refractivity contribution in [2.45, 2.75) is 6.92 Å². The molecule has 1 heterocycles. The van der Waals surface area contributed by atoms with E-state index >= 15 is 0 Å². The van der Waals surface area contributed by atoms with Gasteiger partial charge in [-0.2, -0.15) is 5.10 Å². The van der Waals surface area contributed by atoms with Gasteiger partial charge in [-0.05, 0) is 31.2 Å². The number of carbonyl (C=O) groups is 1. The summed E-state index contributed by atoms with van der Waals surface area (Å²) in [5.41, 5.74) is 1.86. The van der Waals surface area contributed by atoms with Gasteiger partial charge >= 0.3 is 0 Å². The summed E-state index contributed by atoms with van der Waals surface area (Å²) in [6.45, 7) is 1.72. The van der Waals surface area contributed by atoms with Crippen LogP contribution in [-0.4, -0.2) is 30.3 Å². The third-order valence-corrected chi connectivity index (χ3v) is 3.97. The van der Waals surface area contributed by atoms with Crippen molar-refractivity contribution in [2.75, 3.05) is 19.5 Å². The van der Waals surface area contributed by atoms with Gasteiger partial charge in [-0.3, -0.25) is 9.89 Å². The highest BCUT2D eigenvalue weighted by Gasteiger charge is 2.20. The standard InChI is InChI=1S/C19H17F2N3O3/c1-10-17(22-19(25)11-6-12(20)8-13(21)7-11)18(24-23-10)15-5-4-14(26-2)9-16(15)27-3/h4-9H,1-3H3,(H,22,25)(H,23,24). The summed E-state index contributed by atoms with van der Waals surface area (Å²) in [6.07, 6.45) is 0. The lowest BCUT2D eigenvalue weighted by Crippen LogP contribution is -2.13. The van der Waals surface area contributed by atoms with E-state index in [2.05, 4.69) is 15.5 Å². The van der Waals surface area contributed by atoms with Crippen LogP contribution in [0.2, 0.25) is 0 Å². The van der Waals surface area contributed by atoms with E-state index in [0.717, 1.165) is 12.1 Å². The molecule has 3 aromatic rings. The van der Waals surface area contributed by atoms with Gasteiger partial charge in [-0.1, -0.05) is 0 Å². The molecule has 6 nitrogen and oxygen atoms in total. The molecule has 0 spiro atoms. The average Bonchev–Trinajstić information content (AvgIpc) is 3.00. The molecule has 0 saturated carbocycles. The van der Waals surface area contributed by atoms with E-state index in [4.69, 9.17) is 9.47 Å². The van der Waals surface area contributed by atoms with E-state index in [1.165, 1.54) is 14.2 Å². The molecule has 0 unspecified atom stereocenters. The van der Waals surface area contributed by atoms with E-state index in [1.807, 2.05) is 0 Å². The Morgan fingerprint density at radius 1 is 1.07 bits per heavy atom. The molecule has 0 atom stereocenters. The van der Waals surface area contributed by atoms with Crippen LogP contribution in [0.4, 0.5) is 14.5 Å². The quantitative estimate of drug-likeness (QED) is 0.710. The van der Waals surface area contributed by atoms with Crippen LogP contribution in [0.3, 0.4) is 0 Å². The van der Waals surface area contributed by atoms with Gasteiger partial charge in [0.2, 0.25) is 0 Å². The average molecular weight is 373 g/mol. The summed E-state index contributed by atoms with van der Waals surface area (Å²) >= 11 is 0. The largest absolute Gasteiger partial charge is 0.497 e. The molecule has 8 heteroatoms. The number of carbonyl (C=O) groups excluding carboxylic acids is 1. The van der Waals surface area contributed by atoms with Gasteiger partial charge in [0.1, 0.15) is 28.8 Å². The molecule has 1 aromatic heterocycles. The summed E-state index contributed by atoms with van der Waals surface area (Å²) < 4.78 is 37.3. The minimum Gasteiger partial charge on any atom is -0.497 e. The first-order valence-corrected chi connectivity index (χ1v) is 7.97. The maximum atomic E-state index is 13.4. The van der Waals surface area contributed by atoms with Gasteiger partial charge in [0.25, 0.3) is 5.91 Å². The number of hydrogen-bond acceptors (Lipinski definition) is 4. The molecule has 0 aliphatic carbocycles. The second-order valence-electron chi connectivity index (χ2n) is 5.75. The van der Waals surface area contributed by atoms with Crippen LogP contribution >= 0.6 is 0 Å². The monoisotopic (exact) mass is 373 g/mol. The highest BCUT2D eigenvalue weighted by atomic mass is 19.1. The Morgan fingerprint density at radius 3 is 2.41 bits per heavy atom. The highest BCUT2D eigenvalue weighted by Crippen LogP contribution is 2.37. The topological polar surface area (TPSA) is 76.2 Å². The summed E-state index contributed by atoms with van der Waals surface area (Å²) in [5.74, 6) is -1.23. The number of ether oxygens (including phenoxy) is 2. The van der Waals surface area contributed by atoms with Crippen molar-refractivity contribution >= 4 is 11.6 Å². The van der Waals surface area contributed by atoms with E-state index < -0.39 is 17.5 Å². The zero-order valence-corrected chi connectivity index (χ0v) is 14.9. The first-order chi connectivity index (χ1) is 12.9. The van der Waals surface area contributed by atoms with Crippen LogP contribution in [0.1, 0.15) is 16.1 Å². The molecule has 3 rings (SSSR count). The number of halogens is 2. The molecule has 0 radical (unpaired) electrons. The first-order valence-electron chi connectivity index (χ1n) is 7.97. The lowest BCUT2D eigenvalue weighted by Gasteiger charge is -2.11. The zero-order valence-electron chi connectivity index (χ0n) is 14.9. The number of rotatable bonds is 5. The van der Waals surface area contributed by atoms with Gasteiger partial charge in [0.05, 0.1) is 25.6 Å². The SMILES string of the molecule is COc1ccc(-c2n[nH]c(C)c2NC(=O)c2cc(F)cc(F)c2)c(OC)c1. The minimum atomic E-state index is -0.832. The summed E-state index contributed by atoms with van der Waals surface area (Å²) in [7, 11) is 3.04. The van der Waals surface area contributed by atoms with Crippen molar-refractivity contribution in [3.05, 3.63) is 59.3 Å². The zero-order chi connectivity index (χ0) is 19.6. The molecule has 0 aliphatic rings. The number of nitrogens with one attached hydrogen (secondary N) is 2. The molecular weight excluding hydrogens is 356 g/mol. The third-order valence-electron chi connectivity index (χ3n) is 3.97. The predicted molar refractivity (Wildman–Crippen MR) is 96.2 cm³/mol. The number of amides is 1. The minimum absolute atomic E-state index is 0.138. The maximum absolute atomic E-state index is 13.4. The second-order valence-corrected chi connectivity index (χ2v) is 5.75. The Bertz CT molecular complexity index is 982. The Morgan fingerprint density at radius 2 is 1.78 bits per heavy atom. The van der Waals surface area contributed by atoms with Gasteiger partial charge < -0.3 is 14.8 Å². The summed E-state index contributed by atoms with van der Waals surface area (Å²) in [4.78, 5) is 12.5. The number of anilines is 1. The fourth-order valence-corrected chi connectivity index (χ4v) is 2.64. The number of methoxy groups -OCH3 is 2. The van der Waals surface area contributed by atoms with Crippen LogP contribution in [0.25, 0.3) is 11.3 Å². The molecule has 2 aromatic carbocycles. The van der Waals surface area contributed by atoms with Gasteiger partial charge in [-0.15, -0.1) is 0 Å². The third kappa shape index (κ3) is 3.74. The Labute approximate surface area is 154 Å². The van der Waals surface area contributed by atoms with Crippen LogP contribution < -0.4 is 14.8 Å². The fourth-order valence-electron chi connectivity index (χ4n) is 2.64. The fraction of sp³-hybridized carbons (Fsp3) is 0.158. The number of aromatic amines is 1. The highest BCUT2D eigenvalue weighted by molar-refractivity contribution is 6.06. The van der Waals surface area contributed by atoms with Crippen LogP contribution in [0, 0.1) is 18.6 Å². The number of hydrogen-bond donors (Lipinski definition) is 2. The van der Waals surface area contributed by atoms with Crippen molar-refractivity contribution in [1.29, 1.82) is 0 Å². The normalized spacial score (nSPS) is 10.6. The number of aryl methyl sites for hydroxylation is 1. The van der Waals surface area contributed by atoms with Crippen molar-refractivity contribution in [3.8, 4) is 22.8 Å². The van der Waals surface area contributed by atoms with Gasteiger partial charge in [0, 0.05) is 23.3 Å². The summed E-state index contributed by atoms with van der Waals surface area (Å²) in [5, 5.41) is 9.67. The van der Waals surface area contributed by atoms with E-state index in [-0.39, 0.29) is 5.56 Å². The Hall–Kier alpha value is -3.42. The van der Waals surface area contributed by atoms with E-state index in [0.29, 0.717) is 40.2 Å². The lowest BCUT2D eigenvalue weighted by molar-refractivity contribution is 0.102. The van der Waals surface area contributed by atoms with Crippen molar-refractivity contribution in [2.24, 2.45) is 0 Å². The molecular formula is C19H17F2N3O3. The molecule has 0 fully saturated rings. The molecule has 2 N–H and O–H groups in total. The van der Waals surface area contributed by atoms with Gasteiger partial charge in [0.15, 0.2) is 0 Å². The Kier molecular flexibility index (Phi) is 5.07. The summed E-state index contributed by atoms with van der Waals surface area (Å²) in [6, 6.07) is 7.78. The predicted octanol–water partition coefficient (Wildman–Crippen LogP) is 3.93. The van der Waals surface area contributed by atoms with E-state index in [9.17, 15) is 13.6 Å². The van der Waals surface area contributed by atoms with Crippen LogP contribution in [0.15, 0.2) is 36.4 Å². The lowest BCUT2D eigenvalue weighted by atomic mass is 10.1. The van der Waals surface area contributed by atoms with Crippen molar-refractivity contribution in [3.63, 3.8) is 0 Å². The molecule has 1 amide bonds. The van der Waals surface area contributed by atoms with Crippen molar-refractivity contribution < 1.29 is 23.0 Å². The number of H-pyrrole nitrogens is 1. The van der Waals surface area contributed by atoms with E-state index in [1.54, 1.807) is 25.1 Å². The van der Waals surface area contributed by atoms with Crippen LogP contribution in [-0.2, 0) is 0 Å².